The number of likely N-dealkylation sites (tertiary alicyclic amines) is 2. The monoisotopic (exact) mass is 449 g/mol. The van der Waals surface area contributed by atoms with Crippen molar-refractivity contribution >= 4 is 16.8 Å². The first-order valence-electron chi connectivity index (χ1n) is 12.6. The maximum atomic E-state index is 12.8. The Bertz CT molecular complexity index is 1050. The number of carbonyl (C=O) groups excluding carboxylic acids is 1. The van der Waals surface area contributed by atoms with Gasteiger partial charge in [-0.05, 0) is 62.7 Å². The highest BCUT2D eigenvalue weighted by atomic mass is 16.4. The first-order valence-corrected chi connectivity index (χ1v) is 12.6. The average Bonchev–Trinajstić information content (AvgIpc) is 3.49. The van der Waals surface area contributed by atoms with E-state index in [1.807, 2.05) is 6.07 Å². The lowest BCUT2D eigenvalue weighted by atomic mass is 9.96. The molecule has 7 nitrogen and oxygen atoms in total. The molecule has 4 heterocycles. The molecule has 2 aromatic heterocycles. The van der Waals surface area contributed by atoms with E-state index < -0.39 is 0 Å². The molecule has 2 fully saturated rings. The molecule has 5 rings (SSSR count). The molecule has 1 amide bonds. The van der Waals surface area contributed by atoms with Crippen molar-refractivity contribution in [3.63, 3.8) is 0 Å². The van der Waals surface area contributed by atoms with Crippen molar-refractivity contribution in [3.05, 3.63) is 47.8 Å². The van der Waals surface area contributed by atoms with Crippen molar-refractivity contribution in [2.45, 2.75) is 57.8 Å². The molecule has 2 aliphatic rings. The quantitative estimate of drug-likeness (QED) is 0.563. The number of amides is 1. The molecule has 1 N–H and O–H groups in total. The highest BCUT2D eigenvalue weighted by molar-refractivity contribution is 5.83. The number of H-pyrrole nitrogens is 1. The van der Waals surface area contributed by atoms with E-state index in [-0.39, 0.29) is 5.91 Å². The SMILES string of the molecule is O=C(CCc1nnc(CCc2c[nH]c3ccccc23)o1)N1CCCC(CN2CCCCC2)C1. The number of aryl methyl sites for hydroxylation is 3. The summed E-state index contributed by atoms with van der Waals surface area (Å²) < 4.78 is 5.84. The Morgan fingerprint density at radius 2 is 1.82 bits per heavy atom. The molecule has 0 spiro atoms. The largest absolute Gasteiger partial charge is 0.425 e. The van der Waals surface area contributed by atoms with E-state index in [9.17, 15) is 4.79 Å². The number of aromatic nitrogens is 3. The van der Waals surface area contributed by atoms with Gasteiger partial charge in [0.05, 0.1) is 0 Å². The fourth-order valence-corrected chi connectivity index (χ4v) is 5.39. The number of fused-ring (bicyclic) bond motifs is 1. The molecule has 2 aliphatic heterocycles. The summed E-state index contributed by atoms with van der Waals surface area (Å²) in [7, 11) is 0. The third kappa shape index (κ3) is 5.64. The smallest absolute Gasteiger partial charge is 0.223 e. The van der Waals surface area contributed by atoms with Crippen molar-refractivity contribution in [1.82, 2.24) is 25.0 Å². The Labute approximate surface area is 195 Å². The predicted molar refractivity (Wildman–Crippen MR) is 128 cm³/mol. The average molecular weight is 450 g/mol. The van der Waals surface area contributed by atoms with Crippen LogP contribution in [0, 0.1) is 5.92 Å². The zero-order valence-corrected chi connectivity index (χ0v) is 19.5. The molecule has 3 aromatic rings. The number of hydrogen-bond donors (Lipinski definition) is 1. The standard InChI is InChI=1S/C26H35N5O2/c32-26(31-16-6-7-20(19-31)18-30-14-4-1-5-15-30)13-12-25-29-28-24(33-25)11-10-21-17-27-23-9-3-2-8-22(21)23/h2-3,8-9,17,20,27H,1,4-7,10-16,18-19H2. The second-order valence-corrected chi connectivity index (χ2v) is 9.66. The number of benzene rings is 1. The summed E-state index contributed by atoms with van der Waals surface area (Å²) >= 11 is 0. The van der Waals surface area contributed by atoms with Crippen LogP contribution in [0.2, 0.25) is 0 Å². The molecular weight excluding hydrogens is 414 g/mol. The molecule has 2 saturated heterocycles. The second-order valence-electron chi connectivity index (χ2n) is 9.66. The fraction of sp³-hybridized carbons (Fsp3) is 0.577. The van der Waals surface area contributed by atoms with Gasteiger partial charge in [-0.1, -0.05) is 24.6 Å². The van der Waals surface area contributed by atoms with Gasteiger partial charge < -0.3 is 19.2 Å². The molecule has 0 radical (unpaired) electrons. The molecule has 1 unspecified atom stereocenters. The molecule has 1 aromatic carbocycles. The van der Waals surface area contributed by atoms with E-state index in [2.05, 4.69) is 49.4 Å². The number of hydrogen-bond acceptors (Lipinski definition) is 5. The first kappa shape index (κ1) is 22.1. The topological polar surface area (TPSA) is 78.3 Å². The summed E-state index contributed by atoms with van der Waals surface area (Å²) in [5.74, 6) is 2.04. The maximum Gasteiger partial charge on any atom is 0.223 e. The van der Waals surface area contributed by atoms with Crippen LogP contribution in [0.5, 0.6) is 0 Å². The van der Waals surface area contributed by atoms with Crippen LogP contribution in [0.15, 0.2) is 34.9 Å². The minimum absolute atomic E-state index is 0.219. The van der Waals surface area contributed by atoms with Gasteiger partial charge in [0, 0.05) is 56.0 Å². The minimum Gasteiger partial charge on any atom is -0.425 e. The van der Waals surface area contributed by atoms with Crippen LogP contribution in [0.1, 0.15) is 55.9 Å². The number of piperidine rings is 2. The van der Waals surface area contributed by atoms with Gasteiger partial charge in [0.2, 0.25) is 17.7 Å². The molecule has 0 bridgehead atoms. The Hall–Kier alpha value is -2.67. The number of nitrogens with zero attached hydrogens (tertiary/aromatic N) is 4. The number of aromatic amines is 1. The molecule has 0 aliphatic carbocycles. The molecule has 1 atom stereocenters. The van der Waals surface area contributed by atoms with E-state index in [0.29, 0.717) is 37.0 Å². The van der Waals surface area contributed by atoms with Gasteiger partial charge in [-0.3, -0.25) is 4.79 Å². The van der Waals surface area contributed by atoms with Gasteiger partial charge >= 0.3 is 0 Å². The van der Waals surface area contributed by atoms with Crippen molar-refractivity contribution in [1.29, 1.82) is 0 Å². The summed E-state index contributed by atoms with van der Waals surface area (Å²) in [6, 6.07) is 8.30. The van der Waals surface area contributed by atoms with Crippen molar-refractivity contribution in [2.75, 3.05) is 32.7 Å². The summed E-state index contributed by atoms with van der Waals surface area (Å²) in [6.45, 7) is 5.38. The van der Waals surface area contributed by atoms with E-state index in [0.717, 1.165) is 38.0 Å². The van der Waals surface area contributed by atoms with Gasteiger partial charge in [0.1, 0.15) is 0 Å². The normalized spacial score (nSPS) is 19.9. The van der Waals surface area contributed by atoms with Gasteiger partial charge in [-0.25, -0.2) is 0 Å². The molecule has 33 heavy (non-hydrogen) atoms. The Morgan fingerprint density at radius 3 is 2.70 bits per heavy atom. The van der Waals surface area contributed by atoms with Gasteiger partial charge in [-0.15, -0.1) is 10.2 Å². The number of carbonyl (C=O) groups is 1. The minimum atomic E-state index is 0.219. The van der Waals surface area contributed by atoms with Crippen LogP contribution >= 0.6 is 0 Å². The van der Waals surface area contributed by atoms with Crippen LogP contribution < -0.4 is 0 Å². The third-order valence-corrected chi connectivity index (χ3v) is 7.18. The lowest BCUT2D eigenvalue weighted by Crippen LogP contribution is -2.44. The zero-order valence-electron chi connectivity index (χ0n) is 19.5. The molecular formula is C26H35N5O2. The van der Waals surface area contributed by atoms with Crippen LogP contribution in [0.25, 0.3) is 10.9 Å². The zero-order chi connectivity index (χ0) is 22.5. The van der Waals surface area contributed by atoms with Crippen molar-refractivity contribution in [3.8, 4) is 0 Å². The van der Waals surface area contributed by atoms with Gasteiger partial charge in [0.25, 0.3) is 0 Å². The van der Waals surface area contributed by atoms with Crippen LogP contribution in [0.3, 0.4) is 0 Å². The summed E-state index contributed by atoms with van der Waals surface area (Å²) in [5, 5.41) is 9.63. The second kappa shape index (κ2) is 10.5. The highest BCUT2D eigenvalue weighted by Crippen LogP contribution is 2.22. The molecule has 0 saturated carbocycles. The first-order chi connectivity index (χ1) is 16.2. The summed E-state index contributed by atoms with van der Waals surface area (Å²) in [6.07, 6.45) is 10.9. The maximum absolute atomic E-state index is 12.8. The number of para-hydroxylation sites is 1. The fourth-order valence-electron chi connectivity index (χ4n) is 5.39. The van der Waals surface area contributed by atoms with Crippen molar-refractivity contribution < 1.29 is 9.21 Å². The highest BCUT2D eigenvalue weighted by Gasteiger charge is 2.26. The van der Waals surface area contributed by atoms with E-state index in [4.69, 9.17) is 4.42 Å². The number of rotatable bonds is 8. The third-order valence-electron chi connectivity index (χ3n) is 7.18. The van der Waals surface area contributed by atoms with E-state index in [1.165, 1.54) is 49.7 Å². The molecule has 7 heteroatoms. The van der Waals surface area contributed by atoms with E-state index in [1.54, 1.807) is 0 Å². The lowest BCUT2D eigenvalue weighted by molar-refractivity contribution is -0.133. The Morgan fingerprint density at radius 1 is 1.00 bits per heavy atom. The predicted octanol–water partition coefficient (Wildman–Crippen LogP) is 3.99. The van der Waals surface area contributed by atoms with E-state index >= 15 is 0 Å². The number of nitrogens with one attached hydrogen (secondary N) is 1. The van der Waals surface area contributed by atoms with Crippen LogP contribution in [0.4, 0.5) is 0 Å². The summed E-state index contributed by atoms with van der Waals surface area (Å²) in [4.78, 5) is 20.8. The van der Waals surface area contributed by atoms with Gasteiger partial charge in [-0.2, -0.15) is 0 Å². The summed E-state index contributed by atoms with van der Waals surface area (Å²) in [5.41, 5.74) is 2.40. The Balaban J connectivity index is 1.08. The molecule has 176 valence electrons. The van der Waals surface area contributed by atoms with Crippen LogP contribution in [-0.2, 0) is 24.1 Å². The lowest BCUT2D eigenvalue weighted by Gasteiger charge is -2.37. The Kier molecular flexibility index (Phi) is 7.05. The van der Waals surface area contributed by atoms with Crippen molar-refractivity contribution in [2.24, 2.45) is 5.92 Å². The van der Waals surface area contributed by atoms with Gasteiger partial charge in [0.15, 0.2) is 0 Å². The van der Waals surface area contributed by atoms with Crippen LogP contribution in [-0.4, -0.2) is 63.6 Å².